The molecule has 6 atom stereocenters. The van der Waals surface area contributed by atoms with Gasteiger partial charge in [0.15, 0.2) is 0 Å². The summed E-state index contributed by atoms with van der Waals surface area (Å²) in [5.74, 6) is 1.63. The molecule has 0 spiro atoms. The predicted molar refractivity (Wildman–Crippen MR) is 85.0 cm³/mol. The maximum absolute atomic E-state index is 5.82. The second kappa shape index (κ2) is 7.24. The molecule has 1 saturated heterocycles. The van der Waals surface area contributed by atoms with E-state index >= 15 is 0 Å². The molecule has 1 aliphatic carbocycles. The molecule has 0 aromatic rings. The first-order chi connectivity index (χ1) is 9.52. The van der Waals surface area contributed by atoms with Crippen molar-refractivity contribution in [1.29, 1.82) is 0 Å². The van der Waals surface area contributed by atoms with Crippen LogP contribution in [-0.2, 0) is 4.74 Å². The lowest BCUT2D eigenvalue weighted by atomic mass is 9.75. The van der Waals surface area contributed by atoms with Crippen LogP contribution >= 0.6 is 0 Å². The zero-order chi connectivity index (χ0) is 14.7. The number of morpholine rings is 1. The van der Waals surface area contributed by atoms with Gasteiger partial charge < -0.3 is 10.1 Å². The first-order valence-electron chi connectivity index (χ1n) is 8.63. The van der Waals surface area contributed by atoms with Crippen LogP contribution in [0, 0.1) is 11.8 Å². The van der Waals surface area contributed by atoms with Gasteiger partial charge >= 0.3 is 0 Å². The van der Waals surface area contributed by atoms with Crippen molar-refractivity contribution in [3.63, 3.8) is 0 Å². The second-order valence-corrected chi connectivity index (χ2v) is 7.29. The van der Waals surface area contributed by atoms with Gasteiger partial charge in [-0.25, -0.2) is 0 Å². The molecule has 0 amide bonds. The number of nitrogens with zero attached hydrogens (tertiary/aromatic N) is 1. The van der Waals surface area contributed by atoms with E-state index in [2.05, 4.69) is 44.8 Å². The summed E-state index contributed by atoms with van der Waals surface area (Å²) >= 11 is 0. The fourth-order valence-corrected chi connectivity index (χ4v) is 4.28. The molecule has 118 valence electrons. The van der Waals surface area contributed by atoms with Crippen molar-refractivity contribution < 1.29 is 4.74 Å². The van der Waals surface area contributed by atoms with Gasteiger partial charge in [-0.3, -0.25) is 4.90 Å². The summed E-state index contributed by atoms with van der Waals surface area (Å²) in [6.45, 7) is 14.8. The third-order valence-electron chi connectivity index (χ3n) is 5.12. The smallest absolute Gasteiger partial charge is 0.0674 e. The summed E-state index contributed by atoms with van der Waals surface area (Å²) < 4.78 is 5.82. The maximum atomic E-state index is 5.82. The molecule has 1 aliphatic heterocycles. The molecule has 0 bridgehead atoms. The number of hydrogen-bond acceptors (Lipinski definition) is 3. The Morgan fingerprint density at radius 1 is 1.15 bits per heavy atom. The lowest BCUT2D eigenvalue weighted by Crippen LogP contribution is -2.62. The molecule has 3 heteroatoms. The minimum absolute atomic E-state index is 0.379. The van der Waals surface area contributed by atoms with Crippen LogP contribution in [0.1, 0.15) is 53.9 Å². The summed E-state index contributed by atoms with van der Waals surface area (Å²) in [5.41, 5.74) is 0. The standard InChI is InChI=1S/C17H34N2O/c1-6-7-18-16-9-12(2)8-13(3)17(16)19-10-15(5)20-11-14(19)4/h12-18H,6-11H2,1-5H3. The van der Waals surface area contributed by atoms with Crippen molar-refractivity contribution in [1.82, 2.24) is 10.2 Å². The third-order valence-corrected chi connectivity index (χ3v) is 5.12. The SMILES string of the molecule is CCCNC1CC(C)CC(C)C1N1CC(C)OCC1C. The largest absolute Gasteiger partial charge is 0.376 e. The van der Waals surface area contributed by atoms with Gasteiger partial charge in [0.25, 0.3) is 0 Å². The molecule has 2 aliphatic rings. The molecule has 2 fully saturated rings. The average molecular weight is 282 g/mol. The normalized spacial score (nSPS) is 43.6. The van der Waals surface area contributed by atoms with Gasteiger partial charge in [-0.2, -0.15) is 0 Å². The van der Waals surface area contributed by atoms with E-state index in [1.54, 1.807) is 0 Å². The van der Waals surface area contributed by atoms with E-state index in [-0.39, 0.29) is 0 Å². The molecule has 0 aromatic heterocycles. The van der Waals surface area contributed by atoms with Gasteiger partial charge in [-0.05, 0) is 51.5 Å². The number of ether oxygens (including phenoxy) is 1. The van der Waals surface area contributed by atoms with Crippen LogP contribution in [0.4, 0.5) is 0 Å². The van der Waals surface area contributed by atoms with Crippen molar-refractivity contribution in [3.8, 4) is 0 Å². The Morgan fingerprint density at radius 2 is 1.90 bits per heavy atom. The molecule has 6 unspecified atom stereocenters. The van der Waals surface area contributed by atoms with Crippen molar-refractivity contribution >= 4 is 0 Å². The van der Waals surface area contributed by atoms with Gasteiger partial charge in [0, 0.05) is 24.7 Å². The minimum Gasteiger partial charge on any atom is -0.376 e. The van der Waals surface area contributed by atoms with E-state index in [0.717, 1.165) is 31.5 Å². The van der Waals surface area contributed by atoms with Crippen LogP contribution in [0.5, 0.6) is 0 Å². The van der Waals surface area contributed by atoms with E-state index in [0.29, 0.717) is 24.2 Å². The number of rotatable bonds is 4. The van der Waals surface area contributed by atoms with E-state index in [4.69, 9.17) is 4.74 Å². The van der Waals surface area contributed by atoms with E-state index < -0.39 is 0 Å². The Morgan fingerprint density at radius 3 is 2.60 bits per heavy atom. The quantitative estimate of drug-likeness (QED) is 0.858. The highest BCUT2D eigenvalue weighted by Crippen LogP contribution is 2.34. The third kappa shape index (κ3) is 3.75. The zero-order valence-electron chi connectivity index (χ0n) is 14.1. The molecule has 0 aromatic carbocycles. The molecule has 2 rings (SSSR count). The van der Waals surface area contributed by atoms with Gasteiger partial charge in [0.1, 0.15) is 0 Å². The monoisotopic (exact) mass is 282 g/mol. The van der Waals surface area contributed by atoms with Crippen LogP contribution in [0.15, 0.2) is 0 Å². The van der Waals surface area contributed by atoms with Crippen molar-refractivity contribution in [2.45, 2.75) is 78.1 Å². The van der Waals surface area contributed by atoms with E-state index in [1.165, 1.54) is 19.3 Å². The highest BCUT2D eigenvalue weighted by atomic mass is 16.5. The summed E-state index contributed by atoms with van der Waals surface area (Å²) in [5, 5.41) is 3.83. The van der Waals surface area contributed by atoms with E-state index in [9.17, 15) is 0 Å². The summed E-state index contributed by atoms with van der Waals surface area (Å²) in [7, 11) is 0. The fourth-order valence-electron chi connectivity index (χ4n) is 4.28. The molecule has 1 heterocycles. The maximum Gasteiger partial charge on any atom is 0.0674 e. The Kier molecular flexibility index (Phi) is 5.88. The molecule has 3 nitrogen and oxygen atoms in total. The van der Waals surface area contributed by atoms with Crippen LogP contribution in [0.3, 0.4) is 0 Å². The lowest BCUT2D eigenvalue weighted by Gasteiger charge is -2.50. The number of nitrogens with one attached hydrogen (secondary N) is 1. The predicted octanol–water partition coefficient (Wildman–Crippen LogP) is 2.90. The Balaban J connectivity index is 2.10. The van der Waals surface area contributed by atoms with E-state index in [1.807, 2.05) is 0 Å². The topological polar surface area (TPSA) is 24.5 Å². The molecular formula is C17H34N2O. The van der Waals surface area contributed by atoms with Crippen LogP contribution in [0.25, 0.3) is 0 Å². The minimum atomic E-state index is 0.379. The summed E-state index contributed by atoms with van der Waals surface area (Å²) in [4.78, 5) is 2.73. The summed E-state index contributed by atoms with van der Waals surface area (Å²) in [6, 6.07) is 1.89. The average Bonchev–Trinajstić information content (AvgIpc) is 2.39. The number of hydrogen-bond donors (Lipinski definition) is 1. The van der Waals surface area contributed by atoms with Crippen molar-refractivity contribution in [3.05, 3.63) is 0 Å². The Bertz CT molecular complexity index is 297. The van der Waals surface area contributed by atoms with Gasteiger partial charge in [-0.1, -0.05) is 20.8 Å². The second-order valence-electron chi connectivity index (χ2n) is 7.29. The molecule has 20 heavy (non-hydrogen) atoms. The highest BCUT2D eigenvalue weighted by molar-refractivity contribution is 4.96. The molecule has 0 radical (unpaired) electrons. The molecule has 1 saturated carbocycles. The Labute approximate surface area is 125 Å². The first-order valence-corrected chi connectivity index (χ1v) is 8.63. The summed E-state index contributed by atoms with van der Waals surface area (Å²) in [6.07, 6.45) is 4.30. The lowest BCUT2D eigenvalue weighted by molar-refractivity contribution is -0.0886. The first kappa shape index (κ1) is 16.3. The zero-order valence-corrected chi connectivity index (χ0v) is 14.1. The van der Waals surface area contributed by atoms with Crippen LogP contribution in [-0.4, -0.2) is 48.8 Å². The van der Waals surface area contributed by atoms with Crippen LogP contribution < -0.4 is 5.32 Å². The van der Waals surface area contributed by atoms with Crippen molar-refractivity contribution in [2.75, 3.05) is 19.7 Å². The van der Waals surface area contributed by atoms with Gasteiger partial charge in [0.05, 0.1) is 12.7 Å². The van der Waals surface area contributed by atoms with Crippen molar-refractivity contribution in [2.24, 2.45) is 11.8 Å². The van der Waals surface area contributed by atoms with Gasteiger partial charge in [0.2, 0.25) is 0 Å². The van der Waals surface area contributed by atoms with Gasteiger partial charge in [-0.15, -0.1) is 0 Å². The van der Waals surface area contributed by atoms with Crippen LogP contribution in [0.2, 0.25) is 0 Å². The Hall–Kier alpha value is -0.120. The highest BCUT2D eigenvalue weighted by Gasteiger charge is 2.40. The fraction of sp³-hybridized carbons (Fsp3) is 1.00. The molecular weight excluding hydrogens is 248 g/mol. The molecule has 1 N–H and O–H groups in total.